The molecule has 4 heterocycles. The van der Waals surface area contributed by atoms with Crippen molar-refractivity contribution >= 4 is 33.6 Å². The quantitative estimate of drug-likeness (QED) is 0.875. The molecule has 1 N–H and O–H groups in total. The molecular formula is C14H15N3O3S. The van der Waals surface area contributed by atoms with Crippen LogP contribution in [-0.4, -0.2) is 59.1 Å². The Labute approximate surface area is 125 Å². The molecular weight excluding hydrogens is 290 g/mol. The summed E-state index contributed by atoms with van der Waals surface area (Å²) in [6, 6.07) is 3.86. The monoisotopic (exact) mass is 305 g/mol. The minimum Gasteiger partial charge on any atom is -0.439 e. The third-order valence-corrected chi connectivity index (χ3v) is 5.08. The number of nitrogens with zero attached hydrogens (tertiary/aromatic N) is 2. The van der Waals surface area contributed by atoms with Gasteiger partial charge in [-0.15, -0.1) is 11.3 Å². The molecule has 4 rings (SSSR count). The molecule has 2 aliphatic heterocycles. The predicted molar refractivity (Wildman–Crippen MR) is 78.5 cm³/mol. The smallest absolute Gasteiger partial charge is 0.410 e. The molecule has 110 valence electrons. The summed E-state index contributed by atoms with van der Waals surface area (Å²) in [4.78, 5) is 30.6. The van der Waals surface area contributed by atoms with Crippen LogP contribution in [0.15, 0.2) is 17.5 Å². The molecule has 0 aliphatic carbocycles. The number of aromatic amines is 1. The highest BCUT2D eigenvalue weighted by molar-refractivity contribution is 7.17. The molecule has 1 atom stereocenters. The molecule has 1 spiro atoms. The van der Waals surface area contributed by atoms with Crippen LogP contribution in [-0.2, 0) is 4.74 Å². The molecule has 0 bridgehead atoms. The summed E-state index contributed by atoms with van der Waals surface area (Å²) in [6.07, 6.45) is 0.397. The lowest BCUT2D eigenvalue weighted by atomic mass is 10.0. The van der Waals surface area contributed by atoms with Gasteiger partial charge in [-0.3, -0.25) is 4.79 Å². The van der Waals surface area contributed by atoms with Crippen molar-refractivity contribution < 1.29 is 14.3 Å². The van der Waals surface area contributed by atoms with Crippen molar-refractivity contribution in [3.63, 3.8) is 0 Å². The van der Waals surface area contributed by atoms with Crippen LogP contribution in [0, 0.1) is 0 Å². The molecule has 6 nitrogen and oxygen atoms in total. The molecule has 2 amide bonds. The molecule has 0 unspecified atom stereocenters. The molecule has 0 aromatic carbocycles. The van der Waals surface area contributed by atoms with Gasteiger partial charge in [0.15, 0.2) is 5.60 Å². The first-order valence-corrected chi connectivity index (χ1v) is 7.74. The number of thiophene rings is 1. The summed E-state index contributed by atoms with van der Waals surface area (Å²) >= 11 is 1.61. The Hall–Kier alpha value is -2.02. The standard InChI is InChI=1S/C14H15N3O3S/c1-16-7-14(20-13(16)19)3-4-17(8-14)12(18)10-6-11-9(15-10)2-5-21-11/h2,5-6,15H,3-4,7-8H2,1H3/t14-/m0/s1. The Balaban J connectivity index is 1.54. The molecule has 2 saturated heterocycles. The van der Waals surface area contributed by atoms with E-state index in [0.717, 1.165) is 10.2 Å². The van der Waals surface area contributed by atoms with Crippen molar-refractivity contribution in [2.24, 2.45) is 0 Å². The van der Waals surface area contributed by atoms with Gasteiger partial charge in [0.1, 0.15) is 5.69 Å². The fourth-order valence-corrected chi connectivity index (χ4v) is 3.94. The van der Waals surface area contributed by atoms with Crippen LogP contribution in [0.1, 0.15) is 16.9 Å². The molecule has 21 heavy (non-hydrogen) atoms. The van der Waals surface area contributed by atoms with Gasteiger partial charge in [-0.25, -0.2) is 4.79 Å². The fraction of sp³-hybridized carbons (Fsp3) is 0.429. The zero-order valence-corrected chi connectivity index (χ0v) is 12.4. The Morgan fingerprint density at radius 2 is 2.33 bits per heavy atom. The van der Waals surface area contributed by atoms with Crippen LogP contribution in [0.2, 0.25) is 0 Å². The largest absolute Gasteiger partial charge is 0.439 e. The van der Waals surface area contributed by atoms with Crippen LogP contribution in [0.3, 0.4) is 0 Å². The van der Waals surface area contributed by atoms with E-state index < -0.39 is 5.60 Å². The Morgan fingerprint density at radius 3 is 3.05 bits per heavy atom. The number of aromatic nitrogens is 1. The van der Waals surface area contributed by atoms with Crippen molar-refractivity contribution in [2.75, 3.05) is 26.7 Å². The summed E-state index contributed by atoms with van der Waals surface area (Å²) in [7, 11) is 1.72. The highest BCUT2D eigenvalue weighted by Gasteiger charge is 2.49. The van der Waals surface area contributed by atoms with E-state index >= 15 is 0 Å². The minimum atomic E-state index is -0.522. The second-order valence-electron chi connectivity index (χ2n) is 5.77. The summed E-state index contributed by atoms with van der Waals surface area (Å²) in [5, 5.41) is 1.99. The average molecular weight is 305 g/mol. The number of fused-ring (bicyclic) bond motifs is 1. The number of nitrogens with one attached hydrogen (secondary N) is 1. The lowest BCUT2D eigenvalue weighted by Gasteiger charge is -2.21. The summed E-state index contributed by atoms with van der Waals surface area (Å²) < 4.78 is 6.55. The lowest BCUT2D eigenvalue weighted by Crippen LogP contribution is -2.39. The zero-order valence-electron chi connectivity index (χ0n) is 11.6. The highest BCUT2D eigenvalue weighted by atomic mass is 32.1. The number of amides is 2. The van der Waals surface area contributed by atoms with E-state index in [1.807, 2.05) is 17.5 Å². The maximum atomic E-state index is 12.6. The van der Waals surface area contributed by atoms with E-state index in [0.29, 0.717) is 31.7 Å². The highest BCUT2D eigenvalue weighted by Crippen LogP contribution is 2.32. The zero-order chi connectivity index (χ0) is 14.6. The van der Waals surface area contributed by atoms with Gasteiger partial charge in [-0.1, -0.05) is 0 Å². The number of ether oxygens (including phenoxy) is 1. The number of hydrogen-bond acceptors (Lipinski definition) is 4. The van der Waals surface area contributed by atoms with Gasteiger partial charge in [0.05, 0.1) is 23.3 Å². The van der Waals surface area contributed by atoms with Crippen molar-refractivity contribution in [2.45, 2.75) is 12.0 Å². The van der Waals surface area contributed by atoms with Crippen molar-refractivity contribution in [1.82, 2.24) is 14.8 Å². The van der Waals surface area contributed by atoms with Gasteiger partial charge in [0.2, 0.25) is 0 Å². The molecule has 2 aliphatic rings. The van der Waals surface area contributed by atoms with E-state index in [2.05, 4.69) is 4.98 Å². The molecule has 2 aromatic rings. The average Bonchev–Trinajstić information content (AvgIpc) is 3.14. The fourth-order valence-electron chi connectivity index (χ4n) is 3.16. The molecule has 0 radical (unpaired) electrons. The second kappa shape index (κ2) is 4.24. The van der Waals surface area contributed by atoms with E-state index in [-0.39, 0.29) is 12.0 Å². The van der Waals surface area contributed by atoms with Crippen molar-refractivity contribution in [3.8, 4) is 0 Å². The van der Waals surface area contributed by atoms with Gasteiger partial charge in [-0.05, 0) is 17.5 Å². The van der Waals surface area contributed by atoms with Crippen LogP contribution in [0.5, 0.6) is 0 Å². The molecule has 2 fully saturated rings. The lowest BCUT2D eigenvalue weighted by molar-refractivity contribution is 0.0551. The minimum absolute atomic E-state index is 0.0270. The van der Waals surface area contributed by atoms with E-state index in [1.165, 1.54) is 0 Å². The number of hydrogen-bond donors (Lipinski definition) is 1. The van der Waals surface area contributed by atoms with Gasteiger partial charge >= 0.3 is 6.09 Å². The Bertz CT molecular complexity index is 708. The number of H-pyrrole nitrogens is 1. The van der Waals surface area contributed by atoms with Crippen LogP contribution >= 0.6 is 11.3 Å². The van der Waals surface area contributed by atoms with Gasteiger partial charge in [0.25, 0.3) is 5.91 Å². The molecule has 2 aromatic heterocycles. The maximum Gasteiger partial charge on any atom is 0.410 e. The normalized spacial score (nSPS) is 25.3. The van der Waals surface area contributed by atoms with Crippen LogP contribution < -0.4 is 0 Å². The Kier molecular flexibility index (Phi) is 2.56. The second-order valence-corrected chi connectivity index (χ2v) is 6.71. The van der Waals surface area contributed by atoms with Gasteiger partial charge < -0.3 is 19.5 Å². The molecule has 0 saturated carbocycles. The summed E-state index contributed by atoms with van der Waals surface area (Å²) in [5.74, 6) is -0.0270. The first kappa shape index (κ1) is 12.7. The predicted octanol–water partition coefficient (Wildman–Crippen LogP) is 1.90. The van der Waals surface area contributed by atoms with Crippen LogP contribution in [0.25, 0.3) is 10.2 Å². The number of likely N-dealkylation sites (N-methyl/N-ethyl adjacent to an activating group) is 1. The first-order valence-electron chi connectivity index (χ1n) is 6.86. The third-order valence-electron chi connectivity index (χ3n) is 4.21. The number of rotatable bonds is 1. The van der Waals surface area contributed by atoms with Crippen LogP contribution in [0.4, 0.5) is 4.79 Å². The first-order chi connectivity index (χ1) is 10.1. The van der Waals surface area contributed by atoms with Gasteiger partial charge in [0, 0.05) is 20.0 Å². The number of likely N-dealkylation sites (tertiary alicyclic amines) is 1. The number of carbonyl (C=O) groups excluding carboxylic acids is 2. The van der Waals surface area contributed by atoms with Crippen molar-refractivity contribution in [3.05, 3.63) is 23.2 Å². The van der Waals surface area contributed by atoms with Gasteiger partial charge in [-0.2, -0.15) is 0 Å². The van der Waals surface area contributed by atoms with Crippen molar-refractivity contribution in [1.29, 1.82) is 0 Å². The summed E-state index contributed by atoms with van der Waals surface area (Å²) in [5.41, 5.74) is 1.07. The van der Waals surface area contributed by atoms with E-state index in [9.17, 15) is 9.59 Å². The topological polar surface area (TPSA) is 65.6 Å². The molecule has 7 heteroatoms. The Morgan fingerprint density at radius 1 is 1.48 bits per heavy atom. The van der Waals surface area contributed by atoms with E-state index in [4.69, 9.17) is 4.74 Å². The summed E-state index contributed by atoms with van der Waals surface area (Å²) in [6.45, 7) is 1.64. The SMILES string of the molecule is CN1C[C@]2(CCN(C(=O)c3cc4sccc4[nH]3)C2)OC1=O. The number of carbonyl (C=O) groups is 2. The maximum absolute atomic E-state index is 12.6. The third kappa shape index (κ3) is 1.91. The van der Waals surface area contributed by atoms with E-state index in [1.54, 1.807) is 28.2 Å².